The van der Waals surface area contributed by atoms with E-state index in [1.807, 2.05) is 54.7 Å². The number of carbonyl (C=O) groups is 1. The standard InChI is InChI=1S/C29H29N9O2/c39-29(23-7-5-20-3-1-2-4-22(20)33-23)35-27-26(21-6-8-25(31-19-21)37-13-11-30-12-14-37)38-28(34-27)24(9-10-32-38)36-15-17-40-18-16-36/h1-10,19,30H,11-18H2,(H,35,39). The first-order valence-electron chi connectivity index (χ1n) is 13.5. The summed E-state index contributed by atoms with van der Waals surface area (Å²) in [6, 6.07) is 17.4. The van der Waals surface area contributed by atoms with E-state index in [4.69, 9.17) is 14.7 Å². The van der Waals surface area contributed by atoms with Crippen molar-refractivity contribution in [3.8, 4) is 11.3 Å². The van der Waals surface area contributed by atoms with E-state index >= 15 is 0 Å². The van der Waals surface area contributed by atoms with Crippen molar-refractivity contribution in [2.45, 2.75) is 0 Å². The third-order valence-electron chi connectivity index (χ3n) is 7.38. The Bertz CT molecular complexity index is 1670. The van der Waals surface area contributed by atoms with Gasteiger partial charge in [-0.2, -0.15) is 5.10 Å². The number of morpholine rings is 1. The second kappa shape index (κ2) is 10.5. The Kier molecular flexibility index (Phi) is 6.42. The van der Waals surface area contributed by atoms with Gasteiger partial charge in [0.1, 0.15) is 17.2 Å². The van der Waals surface area contributed by atoms with Gasteiger partial charge in [-0.05, 0) is 30.3 Å². The van der Waals surface area contributed by atoms with Crippen molar-refractivity contribution >= 4 is 39.8 Å². The molecule has 202 valence electrons. The SMILES string of the molecule is O=C(Nc1nc2c(N3CCOCC3)ccnn2c1-c1ccc(N2CCNCC2)nc1)c1ccc2ccccc2n1. The fourth-order valence-corrected chi connectivity index (χ4v) is 5.30. The number of amides is 1. The molecule has 5 aromatic rings. The summed E-state index contributed by atoms with van der Waals surface area (Å²) in [5, 5.41) is 12.0. The van der Waals surface area contributed by atoms with Gasteiger partial charge >= 0.3 is 0 Å². The van der Waals surface area contributed by atoms with Crippen molar-refractivity contribution in [3.63, 3.8) is 0 Å². The van der Waals surface area contributed by atoms with Crippen LogP contribution < -0.4 is 20.4 Å². The predicted molar refractivity (Wildman–Crippen MR) is 154 cm³/mol. The summed E-state index contributed by atoms with van der Waals surface area (Å²) in [4.78, 5) is 32.2. The number of rotatable bonds is 5. The van der Waals surface area contributed by atoms with Crippen LogP contribution >= 0.6 is 0 Å². The molecule has 7 rings (SSSR count). The highest BCUT2D eigenvalue weighted by Gasteiger charge is 2.24. The molecule has 1 amide bonds. The normalized spacial score (nSPS) is 16.0. The zero-order valence-electron chi connectivity index (χ0n) is 22.0. The summed E-state index contributed by atoms with van der Waals surface area (Å²) in [5.74, 6) is 0.991. The fourth-order valence-electron chi connectivity index (χ4n) is 5.30. The maximum absolute atomic E-state index is 13.5. The van der Waals surface area contributed by atoms with E-state index in [1.54, 1.807) is 16.8 Å². The number of fused-ring (bicyclic) bond motifs is 2. The second-order valence-corrected chi connectivity index (χ2v) is 9.85. The molecule has 2 saturated heterocycles. The first kappa shape index (κ1) is 24.4. The number of piperazine rings is 1. The van der Waals surface area contributed by atoms with Crippen LogP contribution in [-0.2, 0) is 4.74 Å². The largest absolute Gasteiger partial charge is 0.378 e. The molecule has 2 aliphatic heterocycles. The van der Waals surface area contributed by atoms with Crippen LogP contribution in [0.5, 0.6) is 0 Å². The van der Waals surface area contributed by atoms with Crippen molar-refractivity contribution in [3.05, 3.63) is 72.7 Å². The predicted octanol–water partition coefficient (Wildman–Crippen LogP) is 2.84. The van der Waals surface area contributed by atoms with Gasteiger partial charge in [-0.3, -0.25) is 4.79 Å². The number of hydrogen-bond acceptors (Lipinski definition) is 9. The number of aromatic nitrogens is 5. The van der Waals surface area contributed by atoms with Crippen LogP contribution in [0, 0.1) is 0 Å². The maximum atomic E-state index is 13.5. The van der Waals surface area contributed by atoms with Crippen LogP contribution in [0.4, 0.5) is 17.3 Å². The molecular formula is C29H29N9O2. The average molecular weight is 536 g/mol. The van der Waals surface area contributed by atoms with Crippen molar-refractivity contribution in [1.82, 2.24) is 29.9 Å². The quantitative estimate of drug-likeness (QED) is 0.351. The fraction of sp³-hybridized carbons (Fsp3) is 0.276. The van der Waals surface area contributed by atoms with Crippen LogP contribution in [0.25, 0.3) is 27.8 Å². The minimum absolute atomic E-state index is 0.315. The molecule has 4 aromatic heterocycles. The lowest BCUT2D eigenvalue weighted by molar-refractivity contribution is 0.102. The molecule has 11 nitrogen and oxygen atoms in total. The van der Waals surface area contributed by atoms with Crippen LogP contribution in [0.3, 0.4) is 0 Å². The van der Waals surface area contributed by atoms with Crippen molar-refractivity contribution < 1.29 is 9.53 Å². The van der Waals surface area contributed by atoms with Gasteiger partial charge in [0.2, 0.25) is 0 Å². The summed E-state index contributed by atoms with van der Waals surface area (Å²) in [5.41, 5.74) is 4.14. The molecule has 40 heavy (non-hydrogen) atoms. The zero-order valence-corrected chi connectivity index (χ0v) is 22.0. The number of nitrogens with one attached hydrogen (secondary N) is 2. The Hall–Kier alpha value is -4.61. The number of imidazole rings is 1. The topological polar surface area (TPSA) is 113 Å². The zero-order chi connectivity index (χ0) is 26.9. The summed E-state index contributed by atoms with van der Waals surface area (Å²) in [6.45, 7) is 6.50. The molecule has 1 aromatic carbocycles. The lowest BCUT2D eigenvalue weighted by Gasteiger charge is -2.28. The van der Waals surface area contributed by atoms with Crippen LogP contribution in [-0.4, -0.2) is 83.0 Å². The van der Waals surface area contributed by atoms with Crippen molar-refractivity contribution in [2.24, 2.45) is 0 Å². The number of hydrogen-bond donors (Lipinski definition) is 2. The number of ether oxygens (including phenoxy) is 1. The van der Waals surface area contributed by atoms with Gasteiger partial charge in [0.05, 0.1) is 30.6 Å². The molecule has 0 atom stereocenters. The number of carbonyl (C=O) groups excluding carboxylic acids is 1. The van der Waals surface area contributed by atoms with Gasteiger partial charge in [-0.1, -0.05) is 24.3 Å². The lowest BCUT2D eigenvalue weighted by Crippen LogP contribution is -2.43. The number of anilines is 3. The molecule has 11 heteroatoms. The van der Waals surface area contributed by atoms with Crippen LogP contribution in [0.1, 0.15) is 10.5 Å². The van der Waals surface area contributed by atoms with Gasteiger partial charge in [-0.25, -0.2) is 19.5 Å². The van der Waals surface area contributed by atoms with E-state index in [0.717, 1.165) is 67.2 Å². The molecule has 2 fully saturated rings. The Morgan fingerprint density at radius 3 is 2.58 bits per heavy atom. The smallest absolute Gasteiger partial charge is 0.275 e. The Morgan fingerprint density at radius 2 is 1.75 bits per heavy atom. The molecule has 0 spiro atoms. The van der Waals surface area contributed by atoms with E-state index in [2.05, 4.69) is 30.5 Å². The number of nitrogens with zero attached hydrogens (tertiary/aromatic N) is 7. The summed E-state index contributed by atoms with van der Waals surface area (Å²) in [6.07, 6.45) is 3.59. The molecule has 0 unspecified atom stereocenters. The molecule has 0 aliphatic carbocycles. The van der Waals surface area contributed by atoms with E-state index < -0.39 is 0 Å². The monoisotopic (exact) mass is 535 g/mol. The third-order valence-corrected chi connectivity index (χ3v) is 7.38. The van der Waals surface area contributed by atoms with Gasteiger partial charge < -0.3 is 25.2 Å². The molecule has 6 heterocycles. The van der Waals surface area contributed by atoms with Crippen LogP contribution in [0.2, 0.25) is 0 Å². The molecule has 0 radical (unpaired) electrons. The number of pyridine rings is 2. The molecule has 0 bridgehead atoms. The first-order chi connectivity index (χ1) is 19.7. The van der Waals surface area contributed by atoms with E-state index in [-0.39, 0.29) is 5.91 Å². The van der Waals surface area contributed by atoms with Gasteiger partial charge in [-0.15, -0.1) is 0 Å². The molecule has 2 N–H and O–H groups in total. The lowest BCUT2D eigenvalue weighted by atomic mass is 10.2. The maximum Gasteiger partial charge on any atom is 0.275 e. The van der Waals surface area contributed by atoms with Crippen LogP contribution in [0.15, 0.2) is 67.0 Å². The molecule has 2 aliphatic rings. The summed E-state index contributed by atoms with van der Waals surface area (Å²) < 4.78 is 7.35. The van der Waals surface area contributed by atoms with E-state index in [0.29, 0.717) is 36.1 Å². The third kappa shape index (κ3) is 4.59. The highest BCUT2D eigenvalue weighted by Crippen LogP contribution is 2.33. The first-order valence-corrected chi connectivity index (χ1v) is 13.5. The van der Waals surface area contributed by atoms with E-state index in [1.165, 1.54) is 0 Å². The Morgan fingerprint density at radius 1 is 0.900 bits per heavy atom. The van der Waals surface area contributed by atoms with Gasteiger partial charge in [0, 0.05) is 56.4 Å². The Balaban J connectivity index is 1.29. The summed E-state index contributed by atoms with van der Waals surface area (Å²) >= 11 is 0. The second-order valence-electron chi connectivity index (χ2n) is 9.85. The number of benzene rings is 1. The Labute approximate surface area is 230 Å². The van der Waals surface area contributed by atoms with Gasteiger partial charge in [0.25, 0.3) is 5.91 Å². The van der Waals surface area contributed by atoms with Crippen molar-refractivity contribution in [1.29, 1.82) is 0 Å². The highest BCUT2D eigenvalue weighted by atomic mass is 16.5. The average Bonchev–Trinajstić information content (AvgIpc) is 3.39. The van der Waals surface area contributed by atoms with Crippen molar-refractivity contribution in [2.75, 3.05) is 67.6 Å². The van der Waals surface area contributed by atoms with Gasteiger partial charge in [0.15, 0.2) is 11.5 Å². The number of para-hydroxylation sites is 1. The summed E-state index contributed by atoms with van der Waals surface area (Å²) in [7, 11) is 0. The minimum Gasteiger partial charge on any atom is -0.378 e. The molecule has 0 saturated carbocycles. The van der Waals surface area contributed by atoms with E-state index in [9.17, 15) is 4.79 Å². The molecular weight excluding hydrogens is 506 g/mol. The highest BCUT2D eigenvalue weighted by molar-refractivity contribution is 6.05. The minimum atomic E-state index is -0.339.